The fraction of sp³-hybridized carbons (Fsp3) is 0.600. The van der Waals surface area contributed by atoms with E-state index in [0.717, 1.165) is 62.2 Å². The number of carbonyl (C=O) groups is 2. The van der Waals surface area contributed by atoms with Crippen LogP contribution in [-0.4, -0.2) is 98.0 Å². The molecule has 1 aromatic carbocycles. The molecule has 1 atom stereocenters. The second-order valence-electron chi connectivity index (χ2n) is 9.49. The van der Waals surface area contributed by atoms with E-state index in [-0.39, 0.29) is 17.7 Å². The van der Waals surface area contributed by atoms with Crippen LogP contribution in [0.3, 0.4) is 0 Å². The lowest BCUT2D eigenvalue weighted by atomic mass is 9.84. The number of piperidine rings is 1. The van der Waals surface area contributed by atoms with Gasteiger partial charge in [-0.05, 0) is 44.0 Å². The molecule has 4 rings (SSSR count). The van der Waals surface area contributed by atoms with Gasteiger partial charge in [0.05, 0.1) is 7.11 Å². The van der Waals surface area contributed by atoms with Crippen LogP contribution in [0.5, 0.6) is 5.75 Å². The molecule has 2 aliphatic heterocycles. The van der Waals surface area contributed by atoms with E-state index >= 15 is 0 Å². The summed E-state index contributed by atoms with van der Waals surface area (Å²) in [5.41, 5.74) is 1.50. The third-order valence-corrected chi connectivity index (χ3v) is 7.33. The summed E-state index contributed by atoms with van der Waals surface area (Å²) in [5.74, 6) is 1.20. The molecule has 2 fully saturated rings. The minimum Gasteiger partial charge on any atom is -0.497 e. The first-order chi connectivity index (χ1) is 15.9. The first-order valence-corrected chi connectivity index (χ1v) is 12.1. The smallest absolute Gasteiger partial charge is 0.270 e. The van der Waals surface area contributed by atoms with Crippen molar-refractivity contribution in [2.45, 2.75) is 19.8 Å². The number of methoxy groups -OCH3 is 1. The maximum Gasteiger partial charge on any atom is 0.270 e. The summed E-state index contributed by atoms with van der Waals surface area (Å²) in [6.45, 7) is 9.32. The predicted octanol–water partition coefficient (Wildman–Crippen LogP) is 2.03. The summed E-state index contributed by atoms with van der Waals surface area (Å²) >= 11 is 0. The number of piperazine rings is 1. The normalized spacial score (nSPS) is 19.5. The van der Waals surface area contributed by atoms with Gasteiger partial charge >= 0.3 is 0 Å². The number of likely N-dealkylation sites (tertiary alicyclic amines) is 1. The number of H-pyrrole nitrogens is 1. The molecule has 33 heavy (non-hydrogen) atoms. The topological polar surface area (TPSA) is 80.9 Å². The Morgan fingerprint density at radius 1 is 1.12 bits per heavy atom. The lowest BCUT2D eigenvalue weighted by Gasteiger charge is -2.34. The summed E-state index contributed by atoms with van der Waals surface area (Å²) in [6, 6.07) is 7.66. The van der Waals surface area contributed by atoms with Gasteiger partial charge in [-0.3, -0.25) is 14.5 Å². The molecule has 0 bridgehead atoms. The summed E-state index contributed by atoms with van der Waals surface area (Å²) in [6.07, 6.45) is 1.71. The Morgan fingerprint density at radius 3 is 2.55 bits per heavy atom. The van der Waals surface area contributed by atoms with E-state index in [1.54, 1.807) is 7.11 Å². The summed E-state index contributed by atoms with van der Waals surface area (Å²) in [4.78, 5) is 35.6. The van der Waals surface area contributed by atoms with Gasteiger partial charge in [0.2, 0.25) is 5.91 Å². The van der Waals surface area contributed by atoms with Crippen molar-refractivity contribution < 1.29 is 14.3 Å². The molecule has 3 heterocycles. The lowest BCUT2D eigenvalue weighted by molar-refractivity contribution is -0.126. The van der Waals surface area contributed by atoms with Gasteiger partial charge in [0, 0.05) is 75.2 Å². The average molecular weight is 456 g/mol. The lowest BCUT2D eigenvalue weighted by Crippen LogP contribution is -2.48. The molecule has 8 nitrogen and oxygen atoms in total. The molecular weight excluding hydrogens is 418 g/mol. The third-order valence-electron chi connectivity index (χ3n) is 7.33. The van der Waals surface area contributed by atoms with Crippen LogP contribution >= 0.6 is 0 Å². The van der Waals surface area contributed by atoms with Gasteiger partial charge in [0.15, 0.2) is 0 Å². The zero-order chi connectivity index (χ0) is 23.4. The molecular formula is C25H37N5O3. The van der Waals surface area contributed by atoms with Gasteiger partial charge in [0.25, 0.3) is 5.91 Å². The number of nitrogens with zero attached hydrogens (tertiary/aromatic N) is 3. The van der Waals surface area contributed by atoms with Crippen molar-refractivity contribution in [1.82, 2.24) is 25.0 Å². The van der Waals surface area contributed by atoms with E-state index in [9.17, 15) is 9.59 Å². The van der Waals surface area contributed by atoms with Crippen LogP contribution in [0.15, 0.2) is 24.3 Å². The number of rotatable bonds is 7. The Labute approximate surface area is 196 Å². The minimum absolute atomic E-state index is 0.0212. The molecule has 180 valence electrons. The van der Waals surface area contributed by atoms with Crippen LogP contribution in [-0.2, 0) is 4.79 Å². The third kappa shape index (κ3) is 5.68. The quantitative estimate of drug-likeness (QED) is 0.668. The fourth-order valence-electron chi connectivity index (χ4n) is 4.91. The SMILES string of the molecule is COc1ccc2cc(C(=O)N3CCC([C@H](C)C(=O)NCCN4CCN(C)CC4)CC3)[nH]c2c1. The molecule has 0 aliphatic carbocycles. The van der Waals surface area contributed by atoms with Crippen molar-refractivity contribution in [3.63, 3.8) is 0 Å². The maximum atomic E-state index is 13.0. The number of likely N-dealkylation sites (N-methyl/N-ethyl adjacent to an activating group) is 1. The van der Waals surface area contributed by atoms with E-state index in [0.29, 0.717) is 31.2 Å². The second kappa shape index (κ2) is 10.6. The number of fused-ring (bicyclic) bond motifs is 1. The predicted molar refractivity (Wildman–Crippen MR) is 130 cm³/mol. The molecule has 2 N–H and O–H groups in total. The van der Waals surface area contributed by atoms with Gasteiger partial charge in [-0.1, -0.05) is 6.92 Å². The molecule has 2 amide bonds. The van der Waals surface area contributed by atoms with Crippen molar-refractivity contribution in [1.29, 1.82) is 0 Å². The number of aromatic amines is 1. The standard InChI is InChI=1S/C25H37N5O3/c1-18(24(31)26-8-11-29-14-12-28(2)13-15-29)19-6-9-30(10-7-19)25(32)23-16-20-4-5-21(33-3)17-22(20)27-23/h4-5,16-19,27H,6-15H2,1-3H3,(H,26,31)/t18-/m0/s1. The molecule has 0 spiro atoms. The fourth-order valence-corrected chi connectivity index (χ4v) is 4.91. The van der Waals surface area contributed by atoms with Crippen LogP contribution in [0.4, 0.5) is 0 Å². The average Bonchev–Trinajstić information content (AvgIpc) is 3.27. The first-order valence-electron chi connectivity index (χ1n) is 12.1. The second-order valence-corrected chi connectivity index (χ2v) is 9.49. The molecule has 2 aliphatic rings. The molecule has 2 saturated heterocycles. The van der Waals surface area contributed by atoms with Gasteiger partial charge in [0.1, 0.15) is 11.4 Å². The van der Waals surface area contributed by atoms with Gasteiger partial charge in [-0.15, -0.1) is 0 Å². The van der Waals surface area contributed by atoms with Crippen molar-refractivity contribution in [2.24, 2.45) is 11.8 Å². The van der Waals surface area contributed by atoms with Gasteiger partial charge in [-0.25, -0.2) is 0 Å². The molecule has 0 unspecified atom stereocenters. The number of benzene rings is 1. The molecule has 0 radical (unpaired) electrons. The zero-order valence-electron chi connectivity index (χ0n) is 20.1. The van der Waals surface area contributed by atoms with E-state index in [1.807, 2.05) is 36.1 Å². The minimum atomic E-state index is -0.0321. The Kier molecular flexibility index (Phi) is 7.55. The highest BCUT2D eigenvalue weighted by Crippen LogP contribution is 2.27. The molecule has 1 aromatic heterocycles. The maximum absolute atomic E-state index is 13.0. The van der Waals surface area contributed by atoms with Crippen LogP contribution in [0.25, 0.3) is 10.9 Å². The number of aromatic nitrogens is 1. The first kappa shape index (κ1) is 23.6. The number of carbonyl (C=O) groups excluding carboxylic acids is 2. The summed E-state index contributed by atoms with van der Waals surface area (Å²) in [7, 11) is 3.78. The Bertz CT molecular complexity index is 958. The Hall–Kier alpha value is -2.58. The highest BCUT2D eigenvalue weighted by Gasteiger charge is 2.30. The highest BCUT2D eigenvalue weighted by molar-refractivity contribution is 5.98. The van der Waals surface area contributed by atoms with Crippen LogP contribution in [0.2, 0.25) is 0 Å². The molecule has 2 aromatic rings. The van der Waals surface area contributed by atoms with E-state index in [4.69, 9.17) is 4.74 Å². The van der Waals surface area contributed by atoms with Crippen molar-refractivity contribution in [3.05, 3.63) is 30.0 Å². The summed E-state index contributed by atoms with van der Waals surface area (Å²) < 4.78 is 5.27. The number of nitrogens with one attached hydrogen (secondary N) is 2. The Balaban J connectivity index is 1.23. The molecule has 8 heteroatoms. The number of ether oxygens (including phenoxy) is 1. The molecule has 0 saturated carbocycles. The van der Waals surface area contributed by atoms with Crippen LogP contribution < -0.4 is 10.1 Å². The van der Waals surface area contributed by atoms with Crippen molar-refractivity contribution >= 4 is 22.7 Å². The van der Waals surface area contributed by atoms with Crippen molar-refractivity contribution in [3.8, 4) is 5.75 Å². The zero-order valence-corrected chi connectivity index (χ0v) is 20.1. The van der Waals surface area contributed by atoms with Crippen molar-refractivity contribution in [2.75, 3.05) is 66.5 Å². The number of hydrogen-bond donors (Lipinski definition) is 2. The highest BCUT2D eigenvalue weighted by atomic mass is 16.5. The summed E-state index contributed by atoms with van der Waals surface area (Å²) in [5, 5.41) is 4.13. The van der Waals surface area contributed by atoms with E-state index in [2.05, 4.69) is 27.1 Å². The van der Waals surface area contributed by atoms with Gasteiger partial charge < -0.3 is 24.8 Å². The van der Waals surface area contributed by atoms with Crippen LogP contribution in [0.1, 0.15) is 30.3 Å². The monoisotopic (exact) mass is 455 g/mol. The van der Waals surface area contributed by atoms with Crippen LogP contribution in [0, 0.1) is 11.8 Å². The Morgan fingerprint density at radius 2 is 1.85 bits per heavy atom. The largest absolute Gasteiger partial charge is 0.497 e. The number of amides is 2. The van der Waals surface area contributed by atoms with E-state index in [1.165, 1.54) is 0 Å². The van der Waals surface area contributed by atoms with E-state index < -0.39 is 0 Å². The van der Waals surface area contributed by atoms with Gasteiger partial charge in [-0.2, -0.15) is 0 Å². The number of hydrogen-bond acceptors (Lipinski definition) is 5.